The Bertz CT molecular complexity index is 1140. The van der Waals surface area contributed by atoms with Crippen LogP contribution in [0.1, 0.15) is 59.1 Å². The number of carbonyl (C=O) groups is 2. The van der Waals surface area contributed by atoms with Gasteiger partial charge in [-0.15, -0.1) is 0 Å². The van der Waals surface area contributed by atoms with Gasteiger partial charge in [-0.3, -0.25) is 14.8 Å². The Balaban J connectivity index is 1.59. The van der Waals surface area contributed by atoms with Crippen molar-refractivity contribution in [2.45, 2.75) is 59.9 Å². The number of nitrogens with one attached hydrogen (secondary N) is 2. The van der Waals surface area contributed by atoms with E-state index in [1.807, 2.05) is 38.1 Å². The van der Waals surface area contributed by atoms with Gasteiger partial charge in [-0.1, -0.05) is 24.3 Å². The number of aryl methyl sites for hydroxylation is 2. The highest BCUT2D eigenvalue weighted by atomic mass is 16.6. The van der Waals surface area contributed by atoms with Gasteiger partial charge in [0, 0.05) is 18.4 Å². The molecule has 3 N–H and O–H groups in total. The summed E-state index contributed by atoms with van der Waals surface area (Å²) >= 11 is 0. The Hall–Kier alpha value is -3.72. The molecule has 0 aliphatic carbocycles. The molecule has 180 valence electrons. The van der Waals surface area contributed by atoms with Crippen molar-refractivity contribution in [1.82, 2.24) is 20.1 Å². The van der Waals surface area contributed by atoms with Gasteiger partial charge in [-0.2, -0.15) is 5.10 Å². The maximum Gasteiger partial charge on any atom is 0.413 e. The van der Waals surface area contributed by atoms with E-state index in [0.29, 0.717) is 30.2 Å². The first kappa shape index (κ1) is 24.9. The summed E-state index contributed by atoms with van der Waals surface area (Å²) in [5, 5.41) is 19.0. The number of ether oxygens (including phenoxy) is 1. The lowest BCUT2D eigenvalue weighted by Crippen LogP contribution is -2.28. The second-order valence-corrected chi connectivity index (χ2v) is 9.10. The van der Waals surface area contributed by atoms with E-state index in [1.165, 1.54) is 6.20 Å². The summed E-state index contributed by atoms with van der Waals surface area (Å²) in [6, 6.07) is 9.32. The van der Waals surface area contributed by atoms with Crippen molar-refractivity contribution in [1.29, 1.82) is 0 Å². The fourth-order valence-electron chi connectivity index (χ4n) is 3.37. The number of hydrogen-bond acceptors (Lipinski definition) is 6. The molecule has 2 aromatic heterocycles. The van der Waals surface area contributed by atoms with Crippen LogP contribution in [0, 0.1) is 13.8 Å². The van der Waals surface area contributed by atoms with Crippen LogP contribution in [0.2, 0.25) is 0 Å². The third-order valence-corrected chi connectivity index (χ3v) is 5.05. The van der Waals surface area contributed by atoms with E-state index >= 15 is 0 Å². The summed E-state index contributed by atoms with van der Waals surface area (Å²) in [4.78, 5) is 29.1. The van der Waals surface area contributed by atoms with E-state index in [0.717, 1.165) is 22.3 Å². The Morgan fingerprint density at radius 1 is 1.12 bits per heavy atom. The highest BCUT2D eigenvalue weighted by Crippen LogP contribution is 2.18. The molecule has 0 unspecified atom stereocenters. The Morgan fingerprint density at radius 2 is 1.79 bits per heavy atom. The molecule has 0 spiro atoms. The second-order valence-electron chi connectivity index (χ2n) is 9.10. The van der Waals surface area contributed by atoms with Crippen molar-refractivity contribution >= 4 is 17.8 Å². The van der Waals surface area contributed by atoms with E-state index in [2.05, 4.69) is 20.7 Å². The monoisotopic (exact) mass is 465 g/mol. The molecule has 3 aromatic rings. The fourth-order valence-corrected chi connectivity index (χ4v) is 3.37. The topological polar surface area (TPSA) is 118 Å². The highest BCUT2D eigenvalue weighted by molar-refractivity contribution is 5.93. The van der Waals surface area contributed by atoms with Gasteiger partial charge in [0.1, 0.15) is 11.4 Å². The Labute approximate surface area is 199 Å². The van der Waals surface area contributed by atoms with Gasteiger partial charge in [0.25, 0.3) is 5.91 Å². The number of pyridine rings is 1. The van der Waals surface area contributed by atoms with Crippen molar-refractivity contribution in [2.75, 3.05) is 5.32 Å². The molecule has 0 fully saturated rings. The smallest absolute Gasteiger partial charge is 0.413 e. The number of amides is 2. The van der Waals surface area contributed by atoms with Crippen molar-refractivity contribution in [3.8, 4) is 0 Å². The Morgan fingerprint density at radius 3 is 2.41 bits per heavy atom. The normalized spacial score (nSPS) is 11.2. The Kier molecular flexibility index (Phi) is 7.68. The molecule has 0 aliphatic heterocycles. The van der Waals surface area contributed by atoms with Gasteiger partial charge in [0.15, 0.2) is 0 Å². The predicted molar refractivity (Wildman–Crippen MR) is 128 cm³/mol. The zero-order valence-corrected chi connectivity index (χ0v) is 20.2. The summed E-state index contributed by atoms with van der Waals surface area (Å²) in [6.45, 7) is 9.93. The third-order valence-electron chi connectivity index (χ3n) is 5.05. The number of hydrogen-bond donors (Lipinski definition) is 3. The minimum absolute atomic E-state index is 0.00379. The molecule has 34 heavy (non-hydrogen) atoms. The lowest BCUT2D eigenvalue weighted by atomic mass is 10.1. The molecule has 1 aromatic carbocycles. The number of anilines is 1. The predicted octanol–water partition coefficient (Wildman–Crippen LogP) is 3.71. The molecule has 9 heteroatoms. The molecule has 0 saturated carbocycles. The molecule has 0 aliphatic rings. The largest absolute Gasteiger partial charge is 0.444 e. The summed E-state index contributed by atoms with van der Waals surface area (Å²) < 4.78 is 6.96. The number of carbonyl (C=O) groups excluding carboxylic acids is 2. The van der Waals surface area contributed by atoms with Crippen LogP contribution in [-0.4, -0.2) is 37.5 Å². The molecule has 2 amide bonds. The zero-order valence-electron chi connectivity index (χ0n) is 20.2. The van der Waals surface area contributed by atoms with Gasteiger partial charge < -0.3 is 15.2 Å². The van der Waals surface area contributed by atoms with E-state index in [9.17, 15) is 9.59 Å². The second kappa shape index (κ2) is 10.5. The zero-order chi connectivity index (χ0) is 24.9. The maximum atomic E-state index is 12.6. The van der Waals surface area contributed by atoms with Crippen LogP contribution in [0.15, 0.2) is 42.7 Å². The number of aromatic nitrogens is 3. The molecular weight excluding hydrogens is 434 g/mol. The molecule has 2 heterocycles. The minimum atomic E-state index is -0.600. The fraction of sp³-hybridized carbons (Fsp3) is 0.360. The van der Waals surface area contributed by atoms with E-state index in [4.69, 9.17) is 9.84 Å². The summed E-state index contributed by atoms with van der Waals surface area (Å²) in [7, 11) is 0. The molecule has 0 radical (unpaired) electrons. The number of rotatable bonds is 7. The van der Waals surface area contributed by atoms with Gasteiger partial charge in [-0.05, 0) is 62.9 Å². The molecular formula is C25H31N5O4. The average Bonchev–Trinajstić information content (AvgIpc) is 3.20. The average molecular weight is 466 g/mol. The van der Waals surface area contributed by atoms with Crippen LogP contribution in [-0.2, 0) is 24.4 Å². The third kappa shape index (κ3) is 6.89. The standard InChI is InChI=1S/C25H31N5O4/c1-16-10-22(29-24(33)34-25(3,4)5)28-17(2)21(16)12-26-23(32)20-11-27-30(14-20)13-18-6-8-19(15-31)9-7-18/h6-11,14,31H,12-13,15H2,1-5H3,(H,26,32)(H,28,29,33). The SMILES string of the molecule is Cc1cc(NC(=O)OC(C)(C)C)nc(C)c1CNC(=O)c1cnn(Cc2ccc(CO)cc2)c1. The first-order chi connectivity index (χ1) is 16.0. The van der Waals surface area contributed by atoms with E-state index in [-0.39, 0.29) is 12.5 Å². The summed E-state index contributed by atoms with van der Waals surface area (Å²) in [5.41, 5.74) is 4.19. The summed E-state index contributed by atoms with van der Waals surface area (Å²) in [5.74, 6) is 0.157. The van der Waals surface area contributed by atoms with Crippen LogP contribution >= 0.6 is 0 Å². The van der Waals surface area contributed by atoms with Gasteiger partial charge in [0.05, 0.1) is 24.9 Å². The number of benzene rings is 1. The van der Waals surface area contributed by atoms with E-state index in [1.54, 1.807) is 37.7 Å². The van der Waals surface area contributed by atoms with E-state index < -0.39 is 11.7 Å². The number of aliphatic hydroxyl groups excluding tert-OH is 1. The van der Waals surface area contributed by atoms with Crippen molar-refractivity contribution in [2.24, 2.45) is 0 Å². The van der Waals surface area contributed by atoms with Crippen molar-refractivity contribution in [3.63, 3.8) is 0 Å². The highest BCUT2D eigenvalue weighted by Gasteiger charge is 2.18. The molecule has 3 rings (SSSR count). The number of nitrogens with zero attached hydrogens (tertiary/aromatic N) is 3. The van der Waals surface area contributed by atoms with Crippen LogP contribution in [0.4, 0.5) is 10.6 Å². The van der Waals surface area contributed by atoms with Crippen LogP contribution in [0.3, 0.4) is 0 Å². The summed E-state index contributed by atoms with van der Waals surface area (Å²) in [6.07, 6.45) is 2.66. The number of aliphatic hydroxyl groups is 1. The molecule has 0 bridgehead atoms. The lowest BCUT2D eigenvalue weighted by molar-refractivity contribution is 0.0635. The molecule has 0 atom stereocenters. The van der Waals surface area contributed by atoms with Crippen LogP contribution in [0.5, 0.6) is 0 Å². The minimum Gasteiger partial charge on any atom is -0.444 e. The maximum absolute atomic E-state index is 12.6. The first-order valence-corrected chi connectivity index (χ1v) is 11.0. The van der Waals surface area contributed by atoms with Gasteiger partial charge in [-0.25, -0.2) is 9.78 Å². The quantitative estimate of drug-likeness (QED) is 0.490. The van der Waals surface area contributed by atoms with Crippen LogP contribution < -0.4 is 10.6 Å². The van der Waals surface area contributed by atoms with Crippen LogP contribution in [0.25, 0.3) is 0 Å². The van der Waals surface area contributed by atoms with Gasteiger partial charge in [0.2, 0.25) is 0 Å². The molecule has 9 nitrogen and oxygen atoms in total. The van der Waals surface area contributed by atoms with Crippen molar-refractivity contribution < 1.29 is 19.4 Å². The first-order valence-electron chi connectivity index (χ1n) is 11.0. The lowest BCUT2D eigenvalue weighted by Gasteiger charge is -2.20. The molecule has 0 saturated heterocycles. The van der Waals surface area contributed by atoms with Gasteiger partial charge >= 0.3 is 6.09 Å². The van der Waals surface area contributed by atoms with Crippen molar-refractivity contribution in [3.05, 3.63) is 76.2 Å².